The summed E-state index contributed by atoms with van der Waals surface area (Å²) in [6.07, 6.45) is 7.60. The minimum absolute atomic E-state index is 0.0699. The van der Waals surface area contributed by atoms with Crippen LogP contribution >= 0.6 is 0 Å². The van der Waals surface area contributed by atoms with E-state index in [1.165, 1.54) is 19.3 Å². The molecule has 2 atom stereocenters. The van der Waals surface area contributed by atoms with Crippen LogP contribution in [0.1, 0.15) is 44.9 Å². The summed E-state index contributed by atoms with van der Waals surface area (Å²) >= 11 is 0. The van der Waals surface area contributed by atoms with Gasteiger partial charge in [-0.25, -0.2) is 0 Å². The van der Waals surface area contributed by atoms with Crippen molar-refractivity contribution >= 4 is 5.78 Å². The molecule has 0 aromatic carbocycles. The average Bonchev–Trinajstić information content (AvgIpc) is 3.12. The molecule has 3 heteroatoms. The van der Waals surface area contributed by atoms with Gasteiger partial charge in [-0.05, 0) is 50.9 Å². The van der Waals surface area contributed by atoms with E-state index in [0.717, 1.165) is 32.3 Å². The highest BCUT2D eigenvalue weighted by molar-refractivity contribution is 5.86. The molecule has 17 heavy (non-hydrogen) atoms. The second-order valence-electron chi connectivity index (χ2n) is 5.97. The monoisotopic (exact) mass is 238 g/mol. The fourth-order valence-electron chi connectivity index (χ4n) is 3.36. The second-order valence-corrected chi connectivity index (χ2v) is 5.97. The molecular formula is C14H22O3. The van der Waals surface area contributed by atoms with E-state index >= 15 is 0 Å². The molecule has 0 radical (unpaired) electrons. The van der Waals surface area contributed by atoms with Gasteiger partial charge < -0.3 is 9.47 Å². The maximum Gasteiger partial charge on any atom is 0.165 e. The minimum atomic E-state index is -0.129. The Morgan fingerprint density at radius 1 is 1.35 bits per heavy atom. The Morgan fingerprint density at radius 2 is 2.12 bits per heavy atom. The third-order valence-corrected chi connectivity index (χ3v) is 4.74. The Hall–Kier alpha value is -0.410. The summed E-state index contributed by atoms with van der Waals surface area (Å²) in [5.41, 5.74) is 0.0699. The quantitative estimate of drug-likeness (QED) is 0.754. The SMILES string of the molecule is COC(C(=O)C1CCOC2(CCC2)C1)C1CC1. The van der Waals surface area contributed by atoms with Crippen LogP contribution in [0.5, 0.6) is 0 Å². The molecule has 96 valence electrons. The number of hydrogen-bond acceptors (Lipinski definition) is 3. The van der Waals surface area contributed by atoms with Crippen LogP contribution in [0.3, 0.4) is 0 Å². The summed E-state index contributed by atoms with van der Waals surface area (Å²) in [5, 5.41) is 0. The normalized spacial score (nSPS) is 33.1. The maximum absolute atomic E-state index is 12.5. The van der Waals surface area contributed by atoms with Gasteiger partial charge in [-0.2, -0.15) is 0 Å². The van der Waals surface area contributed by atoms with E-state index in [9.17, 15) is 4.79 Å². The van der Waals surface area contributed by atoms with E-state index in [1.807, 2.05) is 0 Å². The lowest BCUT2D eigenvalue weighted by Gasteiger charge is -2.47. The third kappa shape index (κ3) is 2.15. The van der Waals surface area contributed by atoms with Crippen molar-refractivity contribution in [3.63, 3.8) is 0 Å². The van der Waals surface area contributed by atoms with Crippen molar-refractivity contribution < 1.29 is 14.3 Å². The first-order valence-corrected chi connectivity index (χ1v) is 6.95. The van der Waals surface area contributed by atoms with Gasteiger partial charge in [0.25, 0.3) is 0 Å². The molecule has 2 unspecified atom stereocenters. The Kier molecular flexibility index (Phi) is 2.99. The van der Waals surface area contributed by atoms with Crippen LogP contribution in [0, 0.1) is 11.8 Å². The summed E-state index contributed by atoms with van der Waals surface area (Å²) in [4.78, 5) is 12.5. The van der Waals surface area contributed by atoms with Gasteiger partial charge in [0.05, 0.1) is 5.60 Å². The molecule has 0 bridgehead atoms. The van der Waals surface area contributed by atoms with Gasteiger partial charge in [0.15, 0.2) is 5.78 Å². The number of hydrogen-bond donors (Lipinski definition) is 0. The number of ketones is 1. The zero-order valence-corrected chi connectivity index (χ0v) is 10.6. The van der Waals surface area contributed by atoms with Crippen LogP contribution in [-0.4, -0.2) is 31.2 Å². The summed E-state index contributed by atoms with van der Waals surface area (Å²) in [5.74, 6) is 1.05. The van der Waals surface area contributed by atoms with E-state index in [4.69, 9.17) is 9.47 Å². The number of methoxy groups -OCH3 is 1. The van der Waals surface area contributed by atoms with Gasteiger partial charge in [-0.3, -0.25) is 4.79 Å². The summed E-state index contributed by atoms with van der Waals surface area (Å²) in [6, 6.07) is 0. The molecule has 3 aliphatic rings. The number of Topliss-reactive ketones (excluding diaryl/α,β-unsaturated/α-hetero) is 1. The zero-order chi connectivity index (χ0) is 11.9. The van der Waals surface area contributed by atoms with Gasteiger partial charge in [0.1, 0.15) is 6.10 Å². The third-order valence-electron chi connectivity index (χ3n) is 4.74. The van der Waals surface area contributed by atoms with Crippen molar-refractivity contribution in [1.29, 1.82) is 0 Å². The molecule has 3 rings (SSSR count). The van der Waals surface area contributed by atoms with E-state index < -0.39 is 0 Å². The van der Waals surface area contributed by atoms with Gasteiger partial charge in [0, 0.05) is 19.6 Å². The number of carbonyl (C=O) groups is 1. The van der Waals surface area contributed by atoms with Crippen molar-refractivity contribution in [3.05, 3.63) is 0 Å². The fourth-order valence-corrected chi connectivity index (χ4v) is 3.36. The first kappa shape index (κ1) is 11.7. The summed E-state index contributed by atoms with van der Waals surface area (Å²) < 4.78 is 11.3. The minimum Gasteiger partial charge on any atom is -0.375 e. The predicted octanol–water partition coefficient (Wildman–Crippen LogP) is 2.33. The number of ether oxygens (including phenoxy) is 2. The van der Waals surface area contributed by atoms with Crippen molar-refractivity contribution in [3.8, 4) is 0 Å². The smallest absolute Gasteiger partial charge is 0.165 e. The second kappa shape index (κ2) is 4.36. The molecule has 0 amide bonds. The number of rotatable bonds is 4. The Morgan fingerprint density at radius 3 is 2.65 bits per heavy atom. The lowest BCUT2D eigenvalue weighted by Crippen LogP contribution is -2.48. The molecule has 3 fully saturated rings. The summed E-state index contributed by atoms with van der Waals surface area (Å²) in [7, 11) is 1.68. The molecular weight excluding hydrogens is 216 g/mol. The molecule has 3 nitrogen and oxygen atoms in total. The molecule has 2 aliphatic carbocycles. The predicted molar refractivity (Wildman–Crippen MR) is 63.8 cm³/mol. The largest absolute Gasteiger partial charge is 0.375 e. The van der Waals surface area contributed by atoms with Crippen molar-refractivity contribution in [2.45, 2.75) is 56.7 Å². The Balaban J connectivity index is 1.64. The van der Waals surface area contributed by atoms with Crippen LogP contribution in [0.15, 0.2) is 0 Å². The Labute approximate surface area is 103 Å². The average molecular weight is 238 g/mol. The molecule has 1 spiro atoms. The number of carbonyl (C=O) groups excluding carboxylic acids is 1. The van der Waals surface area contributed by atoms with Crippen LogP contribution in [0.25, 0.3) is 0 Å². The first-order valence-electron chi connectivity index (χ1n) is 6.95. The van der Waals surface area contributed by atoms with E-state index in [0.29, 0.717) is 11.7 Å². The van der Waals surface area contributed by atoms with Gasteiger partial charge in [0.2, 0.25) is 0 Å². The van der Waals surface area contributed by atoms with Crippen LogP contribution in [0.4, 0.5) is 0 Å². The highest BCUT2D eigenvalue weighted by atomic mass is 16.5. The summed E-state index contributed by atoms with van der Waals surface area (Å²) in [6.45, 7) is 0.761. The molecule has 0 N–H and O–H groups in total. The van der Waals surface area contributed by atoms with Crippen molar-refractivity contribution in [2.75, 3.05) is 13.7 Å². The van der Waals surface area contributed by atoms with Gasteiger partial charge in [-0.1, -0.05) is 0 Å². The van der Waals surface area contributed by atoms with E-state index in [-0.39, 0.29) is 17.6 Å². The van der Waals surface area contributed by atoms with Gasteiger partial charge in [-0.15, -0.1) is 0 Å². The van der Waals surface area contributed by atoms with Crippen molar-refractivity contribution in [2.24, 2.45) is 11.8 Å². The van der Waals surface area contributed by atoms with E-state index in [1.54, 1.807) is 7.11 Å². The van der Waals surface area contributed by atoms with Crippen molar-refractivity contribution in [1.82, 2.24) is 0 Å². The first-order chi connectivity index (χ1) is 8.24. The molecule has 1 aliphatic heterocycles. The molecule has 1 heterocycles. The van der Waals surface area contributed by atoms with Crippen LogP contribution in [-0.2, 0) is 14.3 Å². The molecule has 2 saturated carbocycles. The van der Waals surface area contributed by atoms with Gasteiger partial charge >= 0.3 is 0 Å². The standard InChI is InChI=1S/C14H22O3/c1-16-13(10-3-4-10)12(15)11-5-8-17-14(9-11)6-2-7-14/h10-11,13H,2-9H2,1H3. The van der Waals surface area contributed by atoms with Crippen LogP contribution < -0.4 is 0 Å². The molecule has 0 aromatic heterocycles. The topological polar surface area (TPSA) is 35.5 Å². The maximum atomic E-state index is 12.5. The van der Waals surface area contributed by atoms with E-state index in [2.05, 4.69) is 0 Å². The highest BCUT2D eigenvalue weighted by Gasteiger charge is 2.47. The molecule has 0 aromatic rings. The zero-order valence-electron chi connectivity index (χ0n) is 10.6. The lowest BCUT2D eigenvalue weighted by molar-refractivity contribution is -0.161. The lowest BCUT2D eigenvalue weighted by atomic mass is 9.70. The van der Waals surface area contributed by atoms with Crippen LogP contribution in [0.2, 0.25) is 0 Å². The highest BCUT2D eigenvalue weighted by Crippen LogP contribution is 2.45. The molecule has 1 saturated heterocycles. The fraction of sp³-hybridized carbons (Fsp3) is 0.929. The Bertz CT molecular complexity index is 305.